The van der Waals surface area contributed by atoms with Gasteiger partial charge >= 0.3 is 0 Å². The highest BCUT2D eigenvalue weighted by atomic mass is 19.1. The predicted molar refractivity (Wildman–Crippen MR) is 71.8 cm³/mol. The summed E-state index contributed by atoms with van der Waals surface area (Å²) in [5, 5.41) is 3.30. The molecule has 19 heavy (non-hydrogen) atoms. The smallest absolute Gasteiger partial charge is 0.170 e. The highest BCUT2D eigenvalue weighted by molar-refractivity contribution is 5.39. The van der Waals surface area contributed by atoms with E-state index in [4.69, 9.17) is 9.47 Å². The van der Waals surface area contributed by atoms with Crippen LogP contribution in [0.4, 0.5) is 4.39 Å². The van der Waals surface area contributed by atoms with Crippen molar-refractivity contribution in [2.75, 3.05) is 40.4 Å². The summed E-state index contributed by atoms with van der Waals surface area (Å²) in [4.78, 5) is 2.30. The lowest BCUT2D eigenvalue weighted by Gasteiger charge is -2.28. The quantitative estimate of drug-likeness (QED) is 0.875. The Morgan fingerprint density at radius 1 is 1.21 bits per heavy atom. The molecule has 0 atom stereocenters. The van der Waals surface area contributed by atoms with Gasteiger partial charge in [-0.3, -0.25) is 4.90 Å². The number of benzene rings is 1. The van der Waals surface area contributed by atoms with E-state index in [2.05, 4.69) is 10.2 Å². The van der Waals surface area contributed by atoms with E-state index in [0.29, 0.717) is 11.3 Å². The zero-order chi connectivity index (χ0) is 13.7. The summed E-state index contributed by atoms with van der Waals surface area (Å²) in [7, 11) is 3.07. The van der Waals surface area contributed by atoms with Crippen LogP contribution < -0.4 is 10.1 Å². The second-order valence-corrected chi connectivity index (χ2v) is 4.69. The van der Waals surface area contributed by atoms with Crippen LogP contribution in [-0.4, -0.2) is 45.3 Å². The third-order valence-corrected chi connectivity index (χ3v) is 3.37. The number of hydrogen-bond acceptors (Lipinski definition) is 4. The minimum Gasteiger partial charge on any atom is -0.493 e. The molecule has 1 fully saturated rings. The lowest BCUT2D eigenvalue weighted by molar-refractivity contribution is 0.180. The largest absolute Gasteiger partial charge is 0.493 e. The molecule has 0 amide bonds. The molecule has 1 aromatic carbocycles. The third kappa shape index (κ3) is 3.43. The van der Waals surface area contributed by atoms with Crippen molar-refractivity contribution in [3.63, 3.8) is 0 Å². The van der Waals surface area contributed by atoms with E-state index in [9.17, 15) is 4.39 Å². The average molecular weight is 268 g/mol. The maximum absolute atomic E-state index is 14.2. The molecule has 1 aliphatic rings. The summed E-state index contributed by atoms with van der Waals surface area (Å²) < 4.78 is 24.5. The summed E-state index contributed by atoms with van der Waals surface area (Å²) in [5.74, 6) is 0.0325. The second-order valence-electron chi connectivity index (χ2n) is 4.69. The first-order valence-electron chi connectivity index (χ1n) is 6.52. The van der Waals surface area contributed by atoms with Crippen LogP contribution in [0.1, 0.15) is 11.1 Å². The fourth-order valence-corrected chi connectivity index (χ4v) is 2.36. The molecule has 0 saturated carbocycles. The topological polar surface area (TPSA) is 33.7 Å². The molecule has 1 aliphatic heterocycles. The first-order chi connectivity index (χ1) is 9.26. The van der Waals surface area contributed by atoms with Gasteiger partial charge in [0.15, 0.2) is 11.6 Å². The number of nitrogens with zero attached hydrogens (tertiary/aromatic N) is 1. The molecule has 2 rings (SSSR count). The van der Waals surface area contributed by atoms with Gasteiger partial charge in [0, 0.05) is 51.0 Å². The molecule has 0 bridgehead atoms. The van der Waals surface area contributed by atoms with Gasteiger partial charge in [-0.15, -0.1) is 0 Å². The van der Waals surface area contributed by atoms with Crippen LogP contribution in [0.5, 0.6) is 5.75 Å². The minimum atomic E-state index is -0.308. The van der Waals surface area contributed by atoms with E-state index in [1.807, 2.05) is 6.07 Å². The maximum Gasteiger partial charge on any atom is 0.170 e. The molecule has 106 valence electrons. The number of rotatable bonds is 5. The predicted octanol–water partition coefficient (Wildman–Crippen LogP) is 1.39. The zero-order valence-electron chi connectivity index (χ0n) is 11.5. The Balaban J connectivity index is 2.17. The van der Waals surface area contributed by atoms with Crippen LogP contribution in [0.3, 0.4) is 0 Å². The normalized spacial score (nSPS) is 16.6. The van der Waals surface area contributed by atoms with Gasteiger partial charge in [-0.25, -0.2) is 4.39 Å². The van der Waals surface area contributed by atoms with Crippen LogP contribution in [0.25, 0.3) is 0 Å². The first-order valence-corrected chi connectivity index (χ1v) is 6.52. The van der Waals surface area contributed by atoms with Crippen molar-refractivity contribution in [3.8, 4) is 5.75 Å². The number of ether oxygens (including phenoxy) is 2. The molecule has 1 N–H and O–H groups in total. The molecule has 0 aromatic heterocycles. The number of methoxy groups -OCH3 is 2. The van der Waals surface area contributed by atoms with Gasteiger partial charge < -0.3 is 14.8 Å². The van der Waals surface area contributed by atoms with Crippen molar-refractivity contribution in [2.45, 2.75) is 13.2 Å². The molecule has 5 heteroatoms. The lowest BCUT2D eigenvalue weighted by atomic mass is 10.1. The van der Waals surface area contributed by atoms with Crippen LogP contribution in [0.2, 0.25) is 0 Å². The molecule has 0 unspecified atom stereocenters. The summed E-state index contributed by atoms with van der Waals surface area (Å²) in [6.07, 6.45) is 0. The molecule has 0 radical (unpaired) electrons. The molecule has 4 nitrogen and oxygen atoms in total. The van der Waals surface area contributed by atoms with Gasteiger partial charge in [0.25, 0.3) is 0 Å². The van der Waals surface area contributed by atoms with Crippen LogP contribution in [0.15, 0.2) is 12.1 Å². The van der Waals surface area contributed by atoms with Crippen LogP contribution in [0, 0.1) is 5.82 Å². The van der Waals surface area contributed by atoms with E-state index < -0.39 is 0 Å². The van der Waals surface area contributed by atoms with Crippen molar-refractivity contribution in [3.05, 3.63) is 29.1 Å². The fraction of sp³-hybridized carbons (Fsp3) is 0.571. The number of piperazine rings is 1. The lowest BCUT2D eigenvalue weighted by Crippen LogP contribution is -2.42. The van der Waals surface area contributed by atoms with Gasteiger partial charge in [-0.05, 0) is 0 Å². The van der Waals surface area contributed by atoms with Gasteiger partial charge in [0.05, 0.1) is 13.7 Å². The third-order valence-electron chi connectivity index (χ3n) is 3.37. The Morgan fingerprint density at radius 2 is 1.89 bits per heavy atom. The highest BCUT2D eigenvalue weighted by Crippen LogP contribution is 2.27. The Hall–Kier alpha value is -1.17. The van der Waals surface area contributed by atoms with Crippen molar-refractivity contribution >= 4 is 0 Å². The van der Waals surface area contributed by atoms with Gasteiger partial charge in [-0.1, -0.05) is 12.1 Å². The molecular formula is C14H21FN2O2. The summed E-state index contributed by atoms with van der Waals surface area (Å²) in [5.41, 5.74) is 1.42. The van der Waals surface area contributed by atoms with E-state index in [1.54, 1.807) is 13.2 Å². The standard InChI is InChI=1S/C14H21FN2O2/c1-18-10-12-4-3-11(14(19-2)13(12)15)9-17-7-5-16-6-8-17/h3-4,16H,5-10H2,1-2H3. The maximum atomic E-state index is 14.2. The summed E-state index contributed by atoms with van der Waals surface area (Å²) in [6.45, 7) is 4.89. The average Bonchev–Trinajstić information content (AvgIpc) is 2.43. The number of nitrogens with one attached hydrogen (secondary N) is 1. The van der Waals surface area contributed by atoms with E-state index in [1.165, 1.54) is 7.11 Å². The van der Waals surface area contributed by atoms with Crippen LogP contribution >= 0.6 is 0 Å². The molecule has 1 saturated heterocycles. The fourth-order valence-electron chi connectivity index (χ4n) is 2.36. The van der Waals surface area contributed by atoms with Crippen LogP contribution in [-0.2, 0) is 17.9 Å². The van der Waals surface area contributed by atoms with Crippen molar-refractivity contribution < 1.29 is 13.9 Å². The van der Waals surface area contributed by atoms with Crippen molar-refractivity contribution in [1.82, 2.24) is 10.2 Å². The Labute approximate surface area is 113 Å². The molecule has 0 aliphatic carbocycles. The Bertz CT molecular complexity index is 420. The molecular weight excluding hydrogens is 247 g/mol. The Kier molecular flexibility index (Phi) is 5.13. The second kappa shape index (κ2) is 6.84. The van der Waals surface area contributed by atoms with E-state index in [-0.39, 0.29) is 12.4 Å². The van der Waals surface area contributed by atoms with E-state index in [0.717, 1.165) is 38.3 Å². The molecule has 1 heterocycles. The summed E-state index contributed by atoms with van der Waals surface area (Å²) >= 11 is 0. The highest BCUT2D eigenvalue weighted by Gasteiger charge is 2.17. The SMILES string of the molecule is COCc1ccc(CN2CCNCC2)c(OC)c1F. The molecule has 0 spiro atoms. The van der Waals surface area contributed by atoms with E-state index >= 15 is 0 Å². The monoisotopic (exact) mass is 268 g/mol. The molecule has 1 aromatic rings. The van der Waals surface area contributed by atoms with Gasteiger partial charge in [0.1, 0.15) is 0 Å². The van der Waals surface area contributed by atoms with Gasteiger partial charge in [-0.2, -0.15) is 0 Å². The number of halogens is 1. The van der Waals surface area contributed by atoms with Gasteiger partial charge in [0.2, 0.25) is 0 Å². The zero-order valence-corrected chi connectivity index (χ0v) is 11.5. The van der Waals surface area contributed by atoms with Crippen molar-refractivity contribution in [2.24, 2.45) is 0 Å². The Morgan fingerprint density at radius 3 is 2.53 bits per heavy atom. The number of hydrogen-bond donors (Lipinski definition) is 1. The first kappa shape index (κ1) is 14.2. The minimum absolute atomic E-state index is 0.260. The van der Waals surface area contributed by atoms with Crippen molar-refractivity contribution in [1.29, 1.82) is 0 Å². The summed E-state index contributed by atoms with van der Waals surface area (Å²) in [6, 6.07) is 3.71.